The molecule has 2 N–H and O–H groups in total. The number of fused-ring (bicyclic) bond motifs is 1. The van der Waals surface area contributed by atoms with Crippen molar-refractivity contribution in [2.75, 3.05) is 0 Å². The summed E-state index contributed by atoms with van der Waals surface area (Å²) in [6, 6.07) is 19.8. The van der Waals surface area contributed by atoms with Crippen LogP contribution in [0.2, 0.25) is 0 Å². The summed E-state index contributed by atoms with van der Waals surface area (Å²) in [5.41, 5.74) is 11.3. The third-order valence-electron chi connectivity index (χ3n) is 6.56. The highest BCUT2D eigenvalue weighted by molar-refractivity contribution is 7.17. The first-order chi connectivity index (χ1) is 17.6. The fraction of sp³-hybridized carbons (Fsp3) is 0.241. The van der Waals surface area contributed by atoms with Crippen LogP contribution in [0.1, 0.15) is 59.0 Å². The molecule has 0 aliphatic heterocycles. The smallest absolute Gasteiger partial charge is 0.261 e. The van der Waals surface area contributed by atoms with E-state index in [0.717, 1.165) is 27.6 Å². The number of aromatic nitrogens is 4. The second-order valence-corrected chi connectivity index (χ2v) is 10.0. The Morgan fingerprint density at radius 3 is 2.31 bits per heavy atom. The molecule has 0 unspecified atom stereocenters. The number of carbonyl (C=O) groups is 1. The number of carbonyl (C=O) groups excluding carboxylic acids is 1. The Morgan fingerprint density at radius 1 is 0.944 bits per heavy atom. The molecule has 6 nitrogen and oxygen atoms in total. The highest BCUT2D eigenvalue weighted by Gasteiger charge is 2.23. The van der Waals surface area contributed by atoms with Crippen molar-refractivity contribution < 1.29 is 4.79 Å². The molecule has 7 heteroatoms. The molecule has 1 fully saturated rings. The van der Waals surface area contributed by atoms with Gasteiger partial charge in [-0.3, -0.25) is 14.2 Å². The number of benzene rings is 1. The van der Waals surface area contributed by atoms with Gasteiger partial charge in [-0.25, -0.2) is 9.97 Å². The largest absolute Gasteiger partial charge is 0.365 e. The van der Waals surface area contributed by atoms with Crippen LogP contribution in [0.4, 0.5) is 0 Å². The molecule has 6 rings (SSSR count). The van der Waals surface area contributed by atoms with Gasteiger partial charge >= 0.3 is 0 Å². The minimum absolute atomic E-state index is 0.452. The Balaban J connectivity index is 0.000000391. The Bertz CT molecular complexity index is 1430. The maximum Gasteiger partial charge on any atom is 0.261 e. The number of hydrogen-bond donors (Lipinski definition) is 1. The minimum atomic E-state index is -0.452. The second-order valence-electron chi connectivity index (χ2n) is 9.02. The minimum Gasteiger partial charge on any atom is -0.365 e. The zero-order valence-corrected chi connectivity index (χ0v) is 21.1. The molecule has 36 heavy (non-hydrogen) atoms. The quantitative estimate of drug-likeness (QED) is 0.302. The predicted octanol–water partition coefficient (Wildman–Crippen LogP) is 6.66. The number of nitrogens with zero attached hydrogens (tertiary/aromatic N) is 4. The summed E-state index contributed by atoms with van der Waals surface area (Å²) in [5, 5.41) is 0.772. The van der Waals surface area contributed by atoms with Gasteiger partial charge in [0.2, 0.25) is 0 Å². The van der Waals surface area contributed by atoms with Gasteiger partial charge < -0.3 is 5.73 Å². The van der Waals surface area contributed by atoms with Crippen molar-refractivity contribution in [3.8, 4) is 22.0 Å². The van der Waals surface area contributed by atoms with Gasteiger partial charge in [0.1, 0.15) is 21.2 Å². The molecule has 4 aromatic heterocycles. The van der Waals surface area contributed by atoms with Crippen LogP contribution >= 0.6 is 11.3 Å². The zero-order chi connectivity index (χ0) is 24.9. The van der Waals surface area contributed by atoms with E-state index in [1.807, 2.05) is 55.5 Å². The second kappa shape index (κ2) is 10.8. The summed E-state index contributed by atoms with van der Waals surface area (Å²) < 4.78 is 2.14. The SMILES string of the molecule is Cc1nc2ccc(C3CCCCC3)cn2c1-c1nc(-c2ccccc2)c(C(N)=O)s1.c1ccncc1. The van der Waals surface area contributed by atoms with Crippen LogP contribution in [-0.2, 0) is 0 Å². The normalized spacial score (nSPS) is 13.8. The van der Waals surface area contributed by atoms with Crippen molar-refractivity contribution in [1.82, 2.24) is 19.4 Å². The molecule has 0 atom stereocenters. The van der Waals surface area contributed by atoms with Crippen LogP contribution in [0, 0.1) is 6.92 Å². The van der Waals surface area contributed by atoms with Crippen LogP contribution in [0.15, 0.2) is 79.3 Å². The standard InChI is InChI=1S/C24H24N4OS.C5H5N/c1-15-21(24-27-20(22(30-24)23(25)29)17-10-6-3-7-11-17)28-14-18(12-13-19(28)26-15)16-8-4-2-5-9-16;1-2-4-6-5-3-1/h3,6-7,10-14,16H,2,4-5,8-9H2,1H3,(H2,25,29);1-5H. The van der Waals surface area contributed by atoms with E-state index in [1.54, 1.807) is 12.4 Å². The van der Waals surface area contributed by atoms with E-state index in [1.165, 1.54) is 49.0 Å². The maximum atomic E-state index is 12.2. The topological polar surface area (TPSA) is 86.2 Å². The van der Waals surface area contributed by atoms with Gasteiger partial charge in [0.15, 0.2) is 0 Å². The first kappa shape index (κ1) is 23.9. The zero-order valence-electron chi connectivity index (χ0n) is 20.3. The number of nitrogens with two attached hydrogens (primary N) is 1. The van der Waals surface area contributed by atoms with Crippen LogP contribution in [0.25, 0.3) is 27.6 Å². The van der Waals surface area contributed by atoms with Gasteiger partial charge in [-0.05, 0) is 49.4 Å². The van der Waals surface area contributed by atoms with E-state index >= 15 is 0 Å². The van der Waals surface area contributed by atoms with E-state index in [9.17, 15) is 4.79 Å². The first-order valence-corrected chi connectivity index (χ1v) is 13.1. The van der Waals surface area contributed by atoms with Crippen molar-refractivity contribution in [2.24, 2.45) is 5.73 Å². The van der Waals surface area contributed by atoms with Crippen molar-refractivity contribution >= 4 is 22.9 Å². The molecule has 182 valence electrons. The third-order valence-corrected chi connectivity index (χ3v) is 7.64. The van der Waals surface area contributed by atoms with Crippen LogP contribution in [-0.4, -0.2) is 25.3 Å². The van der Waals surface area contributed by atoms with Gasteiger partial charge in [0.05, 0.1) is 11.4 Å². The summed E-state index contributed by atoms with van der Waals surface area (Å²) in [7, 11) is 0. The maximum absolute atomic E-state index is 12.2. The predicted molar refractivity (Wildman–Crippen MR) is 145 cm³/mol. The Kier molecular flexibility index (Phi) is 7.18. The molecule has 5 aromatic rings. The lowest BCUT2D eigenvalue weighted by Crippen LogP contribution is -2.10. The Hall–Kier alpha value is -3.84. The summed E-state index contributed by atoms with van der Waals surface area (Å²) >= 11 is 1.34. The van der Waals surface area contributed by atoms with Gasteiger partial charge in [-0.15, -0.1) is 11.3 Å². The molecule has 1 aliphatic rings. The monoisotopic (exact) mass is 495 g/mol. The summed E-state index contributed by atoms with van der Waals surface area (Å²) in [6.45, 7) is 2.00. The molecule has 1 amide bonds. The lowest BCUT2D eigenvalue weighted by Gasteiger charge is -2.22. The van der Waals surface area contributed by atoms with E-state index in [2.05, 4.69) is 27.7 Å². The Morgan fingerprint density at radius 2 is 1.67 bits per heavy atom. The number of hydrogen-bond acceptors (Lipinski definition) is 5. The van der Waals surface area contributed by atoms with E-state index < -0.39 is 5.91 Å². The fourth-order valence-corrected chi connectivity index (χ4v) is 5.84. The van der Waals surface area contributed by atoms with E-state index in [0.29, 0.717) is 16.5 Å². The van der Waals surface area contributed by atoms with Crippen molar-refractivity contribution in [2.45, 2.75) is 44.9 Å². The lowest BCUT2D eigenvalue weighted by molar-refractivity contribution is 0.100. The summed E-state index contributed by atoms with van der Waals surface area (Å²) in [5.74, 6) is 0.156. The molecular weight excluding hydrogens is 466 g/mol. The average Bonchev–Trinajstić information content (AvgIpc) is 3.51. The number of thiazole rings is 1. The molecule has 0 radical (unpaired) electrons. The van der Waals surface area contributed by atoms with E-state index in [-0.39, 0.29) is 0 Å². The summed E-state index contributed by atoms with van der Waals surface area (Å²) in [6.07, 6.45) is 12.1. The molecule has 1 aliphatic carbocycles. The molecule has 0 saturated heterocycles. The number of imidazole rings is 1. The fourth-order valence-electron chi connectivity index (χ4n) is 4.81. The number of rotatable bonds is 4. The van der Waals surface area contributed by atoms with Crippen molar-refractivity contribution in [1.29, 1.82) is 0 Å². The van der Waals surface area contributed by atoms with Gasteiger partial charge in [-0.2, -0.15) is 0 Å². The average molecular weight is 496 g/mol. The molecular formula is C29H29N5OS. The van der Waals surface area contributed by atoms with Gasteiger partial charge in [-0.1, -0.05) is 61.7 Å². The number of primary amides is 1. The number of aryl methyl sites for hydroxylation is 1. The molecule has 1 aromatic carbocycles. The first-order valence-electron chi connectivity index (χ1n) is 12.3. The van der Waals surface area contributed by atoms with Crippen molar-refractivity contribution in [3.63, 3.8) is 0 Å². The van der Waals surface area contributed by atoms with Gasteiger partial charge in [0, 0.05) is 24.2 Å². The molecule has 4 heterocycles. The molecule has 0 bridgehead atoms. The van der Waals surface area contributed by atoms with E-state index in [4.69, 9.17) is 15.7 Å². The molecule has 0 spiro atoms. The molecule has 1 saturated carbocycles. The van der Waals surface area contributed by atoms with Gasteiger partial charge in [0.25, 0.3) is 5.91 Å². The number of pyridine rings is 2. The third kappa shape index (κ3) is 5.06. The highest BCUT2D eigenvalue weighted by Crippen LogP contribution is 2.37. The van der Waals surface area contributed by atoms with Crippen LogP contribution in [0.5, 0.6) is 0 Å². The van der Waals surface area contributed by atoms with Crippen LogP contribution < -0.4 is 5.73 Å². The summed E-state index contributed by atoms with van der Waals surface area (Å²) in [4.78, 5) is 26.0. The van der Waals surface area contributed by atoms with Crippen molar-refractivity contribution in [3.05, 3.63) is 95.4 Å². The van der Waals surface area contributed by atoms with Crippen LogP contribution in [0.3, 0.4) is 0 Å². The Labute approximate surface area is 214 Å². The number of amides is 1. The lowest BCUT2D eigenvalue weighted by atomic mass is 9.85. The highest BCUT2D eigenvalue weighted by atomic mass is 32.1.